The minimum Gasteiger partial charge on any atom is -0.375 e. The number of likely N-dealkylation sites (N-methyl/N-ethyl adjacent to an activating group) is 1. The molecule has 0 spiro atoms. The van der Waals surface area contributed by atoms with Crippen LogP contribution in [0, 0.1) is 5.92 Å². The van der Waals surface area contributed by atoms with Crippen LogP contribution in [0.5, 0.6) is 0 Å². The summed E-state index contributed by atoms with van der Waals surface area (Å²) in [5.41, 5.74) is 1.36. The Morgan fingerprint density at radius 2 is 2.04 bits per heavy atom. The maximum Gasteiger partial charge on any atom is 0.242 e. The summed E-state index contributed by atoms with van der Waals surface area (Å²) in [5.74, 6) is 0.753. The summed E-state index contributed by atoms with van der Waals surface area (Å²) in [6.45, 7) is 10.3. The molecule has 2 fully saturated rings. The average molecular weight is 418 g/mol. The molecule has 5 nitrogen and oxygen atoms in total. The van der Waals surface area contributed by atoms with Crippen LogP contribution in [0.15, 0.2) is 30.3 Å². The first-order chi connectivity index (χ1) is 12.2. The Bertz CT molecular complexity index is 561. The molecule has 2 aliphatic heterocycles. The third-order valence-electron chi connectivity index (χ3n) is 5.37. The highest BCUT2D eigenvalue weighted by Crippen LogP contribution is 2.20. The van der Waals surface area contributed by atoms with Crippen LogP contribution in [0.1, 0.15) is 25.8 Å². The Balaban J connectivity index is 0.00000182. The van der Waals surface area contributed by atoms with Crippen LogP contribution in [0.4, 0.5) is 0 Å². The quantitative estimate of drug-likeness (QED) is 0.772. The fourth-order valence-electron chi connectivity index (χ4n) is 3.94. The van der Waals surface area contributed by atoms with Crippen LogP contribution in [0.3, 0.4) is 0 Å². The molecule has 0 saturated carbocycles. The molecule has 2 saturated heterocycles. The molecule has 1 aromatic rings. The molecule has 2 aliphatic rings. The molecule has 1 N–H and O–H groups in total. The molecule has 0 aliphatic carbocycles. The first-order valence-corrected chi connectivity index (χ1v) is 9.57. The lowest BCUT2D eigenvalue weighted by atomic mass is 10.1. The highest BCUT2D eigenvalue weighted by Gasteiger charge is 2.33. The SMILES string of the molecule is CCN(CC1CCN(Cc2ccccc2)C1)C(=O)[C@H]1NCCO[C@@H]1C.Cl.Cl. The number of rotatable bonds is 6. The van der Waals surface area contributed by atoms with Crippen molar-refractivity contribution in [2.24, 2.45) is 5.92 Å². The highest BCUT2D eigenvalue weighted by molar-refractivity contribution is 5.85. The molecule has 0 bridgehead atoms. The Morgan fingerprint density at radius 1 is 1.30 bits per heavy atom. The highest BCUT2D eigenvalue weighted by atomic mass is 35.5. The number of nitrogens with zero attached hydrogens (tertiary/aromatic N) is 2. The van der Waals surface area contributed by atoms with Gasteiger partial charge in [0.2, 0.25) is 5.91 Å². The van der Waals surface area contributed by atoms with Gasteiger partial charge in [0, 0.05) is 32.7 Å². The van der Waals surface area contributed by atoms with Gasteiger partial charge in [-0.3, -0.25) is 9.69 Å². The van der Waals surface area contributed by atoms with E-state index in [1.165, 1.54) is 12.0 Å². The van der Waals surface area contributed by atoms with E-state index in [-0.39, 0.29) is 42.9 Å². The van der Waals surface area contributed by atoms with Crippen LogP contribution >= 0.6 is 24.8 Å². The van der Waals surface area contributed by atoms with Crippen molar-refractivity contribution >= 4 is 30.7 Å². The number of amides is 1. The summed E-state index contributed by atoms with van der Waals surface area (Å²) in [6, 6.07) is 10.4. The van der Waals surface area contributed by atoms with Gasteiger partial charge in [-0.15, -0.1) is 24.8 Å². The first kappa shape index (κ1) is 24.2. The first-order valence-electron chi connectivity index (χ1n) is 9.57. The lowest BCUT2D eigenvalue weighted by molar-refractivity contribution is -0.139. The van der Waals surface area contributed by atoms with Gasteiger partial charge in [0.05, 0.1) is 12.7 Å². The van der Waals surface area contributed by atoms with Crippen LogP contribution < -0.4 is 5.32 Å². The second kappa shape index (κ2) is 11.9. The maximum absolute atomic E-state index is 12.9. The van der Waals surface area contributed by atoms with Gasteiger partial charge in [0.25, 0.3) is 0 Å². The van der Waals surface area contributed by atoms with Crippen molar-refractivity contribution in [1.29, 1.82) is 0 Å². The van der Waals surface area contributed by atoms with E-state index in [9.17, 15) is 4.79 Å². The summed E-state index contributed by atoms with van der Waals surface area (Å²) in [5, 5.41) is 3.32. The van der Waals surface area contributed by atoms with Crippen molar-refractivity contribution < 1.29 is 9.53 Å². The van der Waals surface area contributed by atoms with Gasteiger partial charge in [-0.05, 0) is 38.3 Å². The zero-order valence-electron chi connectivity index (χ0n) is 16.3. The van der Waals surface area contributed by atoms with E-state index >= 15 is 0 Å². The van der Waals surface area contributed by atoms with Crippen LogP contribution in [0.25, 0.3) is 0 Å². The molecule has 1 amide bonds. The molecule has 27 heavy (non-hydrogen) atoms. The van der Waals surface area contributed by atoms with Crippen LogP contribution in [0.2, 0.25) is 0 Å². The van der Waals surface area contributed by atoms with Crippen molar-refractivity contribution in [1.82, 2.24) is 15.1 Å². The number of hydrogen-bond donors (Lipinski definition) is 1. The maximum atomic E-state index is 12.9. The number of carbonyl (C=O) groups excluding carboxylic acids is 1. The number of halogens is 2. The van der Waals surface area contributed by atoms with Crippen molar-refractivity contribution in [2.75, 3.05) is 39.3 Å². The molecule has 0 aromatic heterocycles. The number of likely N-dealkylation sites (tertiary alicyclic amines) is 1. The van der Waals surface area contributed by atoms with E-state index in [0.29, 0.717) is 12.5 Å². The number of ether oxygens (including phenoxy) is 1. The van der Waals surface area contributed by atoms with Gasteiger partial charge in [0.1, 0.15) is 6.04 Å². The molecule has 1 aromatic carbocycles. The van der Waals surface area contributed by atoms with E-state index in [1.807, 2.05) is 11.8 Å². The van der Waals surface area contributed by atoms with Crippen LogP contribution in [-0.2, 0) is 16.1 Å². The molecule has 3 atom stereocenters. The predicted octanol–water partition coefficient (Wildman–Crippen LogP) is 2.58. The number of nitrogens with one attached hydrogen (secondary N) is 1. The van der Waals surface area contributed by atoms with Crippen molar-refractivity contribution in [3.63, 3.8) is 0 Å². The molecular formula is C20H33Cl2N3O2. The fourth-order valence-corrected chi connectivity index (χ4v) is 3.94. The second-order valence-corrected chi connectivity index (χ2v) is 7.26. The summed E-state index contributed by atoms with van der Waals surface area (Å²) < 4.78 is 5.64. The van der Waals surface area contributed by atoms with E-state index < -0.39 is 0 Å². The van der Waals surface area contributed by atoms with Gasteiger partial charge in [-0.2, -0.15) is 0 Å². The number of carbonyl (C=O) groups is 1. The Labute approximate surface area is 175 Å². The predicted molar refractivity (Wildman–Crippen MR) is 114 cm³/mol. The standard InChI is InChI=1S/C20H31N3O2.2ClH/c1-3-23(20(24)19-16(2)25-12-10-21-19)15-18-9-11-22(14-18)13-17-7-5-4-6-8-17;;/h4-8,16,18-19,21H,3,9-15H2,1-2H3;2*1H/t16-,18?,19+;;/m1../s1. The molecule has 154 valence electrons. The van der Waals surface area contributed by atoms with Gasteiger partial charge in [0.15, 0.2) is 0 Å². The molecule has 3 rings (SSSR count). The molecule has 2 heterocycles. The molecule has 0 radical (unpaired) electrons. The van der Waals surface area contributed by atoms with Crippen molar-refractivity contribution in [2.45, 2.75) is 39.0 Å². The summed E-state index contributed by atoms with van der Waals surface area (Å²) in [4.78, 5) is 17.4. The zero-order chi connectivity index (χ0) is 17.6. The largest absolute Gasteiger partial charge is 0.375 e. The molecule has 1 unspecified atom stereocenters. The summed E-state index contributed by atoms with van der Waals surface area (Å²) in [6.07, 6.45) is 1.12. The molecular weight excluding hydrogens is 385 g/mol. The minimum atomic E-state index is -0.199. The summed E-state index contributed by atoms with van der Waals surface area (Å²) >= 11 is 0. The number of hydrogen-bond acceptors (Lipinski definition) is 4. The topological polar surface area (TPSA) is 44.8 Å². The van der Waals surface area contributed by atoms with E-state index in [2.05, 4.69) is 47.5 Å². The zero-order valence-corrected chi connectivity index (χ0v) is 17.9. The third-order valence-corrected chi connectivity index (χ3v) is 5.37. The second-order valence-electron chi connectivity index (χ2n) is 7.26. The summed E-state index contributed by atoms with van der Waals surface area (Å²) in [7, 11) is 0. The van der Waals surface area contributed by atoms with E-state index in [4.69, 9.17) is 4.74 Å². The lowest BCUT2D eigenvalue weighted by Crippen LogP contribution is -2.57. The average Bonchev–Trinajstić information content (AvgIpc) is 3.07. The number of morpholine rings is 1. The monoisotopic (exact) mass is 417 g/mol. The minimum absolute atomic E-state index is 0. The van der Waals surface area contributed by atoms with Crippen molar-refractivity contribution in [3.05, 3.63) is 35.9 Å². The Morgan fingerprint density at radius 3 is 2.70 bits per heavy atom. The smallest absolute Gasteiger partial charge is 0.242 e. The lowest BCUT2D eigenvalue weighted by Gasteiger charge is -2.34. The normalized spacial score (nSPS) is 25.3. The van der Waals surface area contributed by atoms with Gasteiger partial charge >= 0.3 is 0 Å². The Hall–Kier alpha value is -0.850. The number of benzene rings is 1. The van der Waals surface area contributed by atoms with E-state index in [0.717, 1.165) is 39.3 Å². The van der Waals surface area contributed by atoms with E-state index in [1.54, 1.807) is 0 Å². The molecule has 7 heteroatoms. The van der Waals surface area contributed by atoms with Gasteiger partial charge < -0.3 is 15.0 Å². The van der Waals surface area contributed by atoms with Gasteiger partial charge in [-0.1, -0.05) is 30.3 Å². The van der Waals surface area contributed by atoms with Gasteiger partial charge in [-0.25, -0.2) is 0 Å². The third kappa shape index (κ3) is 6.61. The fraction of sp³-hybridized carbons (Fsp3) is 0.650. The van der Waals surface area contributed by atoms with Crippen molar-refractivity contribution in [3.8, 4) is 0 Å². The van der Waals surface area contributed by atoms with Crippen LogP contribution in [-0.4, -0.2) is 67.2 Å². The Kier molecular flexibility index (Phi) is 10.6.